The van der Waals surface area contributed by atoms with Gasteiger partial charge >= 0.3 is 0 Å². The third-order valence-corrected chi connectivity index (χ3v) is 3.24. The van der Waals surface area contributed by atoms with Gasteiger partial charge in [0.05, 0.1) is 0 Å². The predicted molar refractivity (Wildman–Crippen MR) is 52.5 cm³/mol. The molecule has 0 saturated heterocycles. The van der Waals surface area contributed by atoms with Gasteiger partial charge < -0.3 is 0 Å². The van der Waals surface area contributed by atoms with Gasteiger partial charge in [-0.3, -0.25) is 0 Å². The van der Waals surface area contributed by atoms with Crippen molar-refractivity contribution < 1.29 is 0 Å². The highest BCUT2D eigenvalue weighted by Gasteiger charge is 1.87. The van der Waals surface area contributed by atoms with E-state index in [1.807, 2.05) is 0 Å². The van der Waals surface area contributed by atoms with Gasteiger partial charge in [-0.05, 0) is 19.0 Å². The van der Waals surface area contributed by atoms with Crippen LogP contribution in [0, 0.1) is 12.1 Å². The Hall–Kier alpha value is 0.420. The van der Waals surface area contributed by atoms with Crippen molar-refractivity contribution in [3.05, 3.63) is 0 Å². The summed E-state index contributed by atoms with van der Waals surface area (Å²) in [4.78, 5) is 0. The Morgan fingerprint density at radius 1 is 1.44 bits per heavy atom. The van der Waals surface area contributed by atoms with Crippen LogP contribution in [0.15, 0.2) is 0 Å². The fourth-order valence-corrected chi connectivity index (χ4v) is 0.671. The molecule has 0 aliphatic heterocycles. The number of rotatable bonds is 2. The second-order valence-corrected chi connectivity index (χ2v) is 4.97. The zero-order valence-electron chi connectivity index (χ0n) is 6.52. The van der Waals surface area contributed by atoms with Crippen LogP contribution in [-0.2, 0) is 0 Å². The highest BCUT2D eigenvalue weighted by atomic mass is 31.1. The van der Waals surface area contributed by atoms with Crippen LogP contribution >= 0.6 is 17.2 Å². The zero-order chi connectivity index (χ0) is 7.70. The Kier molecular flexibility index (Phi) is 15.2. The van der Waals surface area contributed by atoms with Gasteiger partial charge in [-0.25, -0.2) is 0 Å². The van der Waals surface area contributed by atoms with Crippen molar-refractivity contribution in [1.82, 2.24) is 0 Å². The number of terminal acetylenes is 1. The van der Waals surface area contributed by atoms with Crippen LogP contribution in [0.3, 0.4) is 0 Å². The second-order valence-electron chi connectivity index (χ2n) is 1.66. The fraction of sp³-hybridized carbons (Fsp3) is 0.714. The molecule has 0 radical (unpaired) electrons. The van der Waals surface area contributed by atoms with E-state index >= 15 is 0 Å². The van der Waals surface area contributed by atoms with Crippen LogP contribution in [0.2, 0.25) is 0 Å². The third kappa shape index (κ3) is 17.8. The van der Waals surface area contributed by atoms with Crippen molar-refractivity contribution in [2.24, 2.45) is 0 Å². The summed E-state index contributed by atoms with van der Waals surface area (Å²) in [6.45, 7) is 6.86. The summed E-state index contributed by atoms with van der Waals surface area (Å²) in [6.07, 6.45) is 7.35. The Morgan fingerprint density at radius 3 is 1.67 bits per heavy atom. The maximum Gasteiger partial charge on any atom is -0.0357 e. The van der Waals surface area contributed by atoms with Crippen molar-refractivity contribution in [3.63, 3.8) is 0 Å². The maximum absolute atomic E-state index is 4.56. The van der Waals surface area contributed by atoms with Crippen LogP contribution in [0.4, 0.5) is 0 Å². The van der Waals surface area contributed by atoms with Crippen LogP contribution in [0.25, 0.3) is 0 Å². The van der Waals surface area contributed by atoms with Gasteiger partial charge in [0.15, 0.2) is 0 Å². The lowest BCUT2D eigenvalue weighted by Gasteiger charge is -2.00. The molecular weight excluding hydrogens is 146 g/mol. The first kappa shape index (κ1) is 12.1. The van der Waals surface area contributed by atoms with Gasteiger partial charge in [-0.15, -0.1) is 14.3 Å². The topological polar surface area (TPSA) is 0 Å². The summed E-state index contributed by atoms with van der Waals surface area (Å²) in [5.41, 5.74) is 2.17. The Balaban J connectivity index is 0. The van der Waals surface area contributed by atoms with E-state index in [-0.39, 0.29) is 0 Å². The molecule has 0 aromatic rings. The molecule has 1 unspecified atom stereocenters. The van der Waals surface area contributed by atoms with Crippen molar-refractivity contribution in [2.75, 3.05) is 19.0 Å². The Morgan fingerprint density at radius 2 is 1.67 bits per heavy atom. The first-order chi connectivity index (χ1) is 4.22. The molecule has 0 heterocycles. The van der Waals surface area contributed by atoms with Crippen LogP contribution in [0.1, 0.15) is 13.8 Å². The molecule has 0 rings (SSSR count). The third-order valence-electron chi connectivity index (χ3n) is 1.08. The van der Waals surface area contributed by atoms with E-state index < -0.39 is 0 Å². The normalized spacial score (nSPS) is 7.56. The van der Waals surface area contributed by atoms with E-state index in [1.165, 1.54) is 12.3 Å². The molecule has 0 aliphatic rings. The highest BCUT2D eigenvalue weighted by molar-refractivity contribution is 7.56. The van der Waals surface area contributed by atoms with Crippen LogP contribution < -0.4 is 0 Å². The summed E-state index contributed by atoms with van der Waals surface area (Å²) in [5, 5.41) is 0. The lowest BCUT2D eigenvalue weighted by molar-refractivity contribution is 1.41. The fourth-order valence-electron chi connectivity index (χ4n) is 0.224. The summed E-state index contributed by atoms with van der Waals surface area (Å²) < 4.78 is 0. The summed E-state index contributed by atoms with van der Waals surface area (Å²) >= 11 is 0. The van der Waals surface area contributed by atoms with Gasteiger partial charge in [0.25, 0.3) is 0 Å². The molecule has 0 aromatic heterocycles. The molecule has 2 heteroatoms. The minimum absolute atomic E-state index is 0.424. The van der Waals surface area contributed by atoms with E-state index in [1.54, 1.807) is 0 Å². The molecule has 0 N–H and O–H groups in total. The van der Waals surface area contributed by atoms with E-state index in [4.69, 9.17) is 0 Å². The SMILES string of the molecule is C#CP.CCP(C)CC. The zero-order valence-corrected chi connectivity index (χ0v) is 8.57. The van der Waals surface area contributed by atoms with E-state index in [9.17, 15) is 0 Å². The van der Waals surface area contributed by atoms with Gasteiger partial charge in [-0.2, -0.15) is 0 Å². The standard InChI is InChI=1S/C5H13P.C2H3P/c1-4-6(3)5-2;1-2-3/h4-5H2,1-3H3;1H,3H2. The highest BCUT2D eigenvalue weighted by Crippen LogP contribution is 2.27. The van der Waals surface area contributed by atoms with Crippen LogP contribution in [-0.4, -0.2) is 19.0 Å². The summed E-state index contributed by atoms with van der Waals surface area (Å²) in [5.74, 6) is 0. The van der Waals surface area contributed by atoms with Crippen LogP contribution in [0.5, 0.6) is 0 Å². The number of hydrogen-bond donors (Lipinski definition) is 0. The molecule has 1 atom stereocenters. The molecule has 0 nitrogen and oxygen atoms in total. The average molecular weight is 162 g/mol. The monoisotopic (exact) mass is 162 g/mol. The van der Waals surface area contributed by atoms with Gasteiger partial charge in [0, 0.05) is 0 Å². The summed E-state index contributed by atoms with van der Waals surface area (Å²) in [6, 6.07) is 0. The molecule has 54 valence electrons. The molecule has 0 amide bonds. The minimum Gasteiger partial charge on any atom is -0.116 e. The number of hydrogen-bond acceptors (Lipinski definition) is 0. The van der Waals surface area contributed by atoms with Crippen molar-refractivity contribution in [1.29, 1.82) is 0 Å². The molecule has 0 bridgehead atoms. The molecule has 0 saturated carbocycles. The molecule has 0 aliphatic carbocycles. The van der Waals surface area contributed by atoms with E-state index in [2.05, 4.69) is 41.8 Å². The van der Waals surface area contributed by atoms with Crippen molar-refractivity contribution in [3.8, 4) is 12.1 Å². The minimum atomic E-state index is 0.424. The smallest absolute Gasteiger partial charge is 0.0357 e. The van der Waals surface area contributed by atoms with Crippen molar-refractivity contribution in [2.45, 2.75) is 13.8 Å². The lowest BCUT2D eigenvalue weighted by Crippen LogP contribution is -1.75. The molecule has 0 fully saturated rings. The largest absolute Gasteiger partial charge is 0.116 e. The van der Waals surface area contributed by atoms with E-state index in [0.717, 1.165) is 0 Å². The maximum atomic E-state index is 4.56. The summed E-state index contributed by atoms with van der Waals surface area (Å²) in [7, 11) is 2.53. The van der Waals surface area contributed by atoms with E-state index in [0.29, 0.717) is 7.92 Å². The molecular formula is C7H16P2. The van der Waals surface area contributed by atoms with Gasteiger partial charge in [0.2, 0.25) is 0 Å². The average Bonchev–Trinajstić information content (AvgIpc) is 1.88. The van der Waals surface area contributed by atoms with Gasteiger partial charge in [0.1, 0.15) is 0 Å². The quantitative estimate of drug-likeness (QED) is 0.432. The first-order valence-electron chi connectivity index (χ1n) is 3.07. The first-order valence-corrected chi connectivity index (χ1v) is 5.81. The molecule has 0 spiro atoms. The lowest BCUT2D eigenvalue weighted by atomic mass is 11.0. The van der Waals surface area contributed by atoms with Crippen molar-refractivity contribution >= 4 is 17.2 Å². The second kappa shape index (κ2) is 11.2. The molecule has 0 aromatic carbocycles. The molecule has 9 heavy (non-hydrogen) atoms. The Bertz CT molecular complexity index is 69.5. The van der Waals surface area contributed by atoms with Gasteiger partial charge in [-0.1, -0.05) is 28.7 Å². The Labute approximate surface area is 62.8 Å². The predicted octanol–water partition coefficient (Wildman–Crippen LogP) is 2.59.